The van der Waals surface area contributed by atoms with Crippen LogP contribution in [0.25, 0.3) is 11.3 Å². The first-order valence-electron chi connectivity index (χ1n) is 6.79. The summed E-state index contributed by atoms with van der Waals surface area (Å²) >= 11 is 7.53. The zero-order chi connectivity index (χ0) is 15.5. The van der Waals surface area contributed by atoms with E-state index in [4.69, 9.17) is 11.6 Å². The van der Waals surface area contributed by atoms with Gasteiger partial charge in [-0.05, 0) is 17.7 Å². The van der Waals surface area contributed by atoms with Crippen LogP contribution in [0.1, 0.15) is 5.56 Å². The second kappa shape index (κ2) is 6.55. The van der Waals surface area contributed by atoms with Gasteiger partial charge in [-0.25, -0.2) is 9.37 Å². The van der Waals surface area contributed by atoms with E-state index >= 15 is 0 Å². The topological polar surface area (TPSA) is 17.8 Å². The van der Waals surface area contributed by atoms with Gasteiger partial charge in [0, 0.05) is 23.4 Å². The van der Waals surface area contributed by atoms with Gasteiger partial charge in [0.25, 0.3) is 0 Å². The van der Waals surface area contributed by atoms with Gasteiger partial charge < -0.3 is 4.57 Å². The van der Waals surface area contributed by atoms with E-state index in [0.717, 1.165) is 16.4 Å². The summed E-state index contributed by atoms with van der Waals surface area (Å²) in [5, 5.41) is 1.28. The van der Waals surface area contributed by atoms with Gasteiger partial charge in [0.1, 0.15) is 5.82 Å². The first kappa shape index (κ1) is 15.1. The van der Waals surface area contributed by atoms with Crippen LogP contribution in [0.2, 0.25) is 5.02 Å². The van der Waals surface area contributed by atoms with E-state index in [9.17, 15) is 4.39 Å². The van der Waals surface area contributed by atoms with Crippen LogP contribution >= 0.6 is 23.4 Å². The third-order valence-electron chi connectivity index (χ3n) is 3.42. The Bertz CT molecular complexity index is 766. The van der Waals surface area contributed by atoms with Gasteiger partial charge in [0.2, 0.25) is 0 Å². The Labute approximate surface area is 138 Å². The van der Waals surface area contributed by atoms with Crippen molar-refractivity contribution in [3.63, 3.8) is 0 Å². The van der Waals surface area contributed by atoms with Crippen molar-refractivity contribution in [1.82, 2.24) is 9.55 Å². The molecule has 0 saturated heterocycles. The molecule has 1 heterocycles. The fourth-order valence-corrected chi connectivity index (χ4v) is 3.51. The Morgan fingerprint density at radius 2 is 1.91 bits per heavy atom. The lowest BCUT2D eigenvalue weighted by Gasteiger charge is -2.07. The van der Waals surface area contributed by atoms with Crippen LogP contribution in [0.5, 0.6) is 0 Å². The monoisotopic (exact) mass is 332 g/mol. The maximum Gasteiger partial charge on any atom is 0.168 e. The molecule has 0 fully saturated rings. The first-order chi connectivity index (χ1) is 10.7. The Kier molecular flexibility index (Phi) is 4.50. The summed E-state index contributed by atoms with van der Waals surface area (Å²) in [7, 11) is 1.96. The first-order valence-corrected chi connectivity index (χ1v) is 8.16. The minimum Gasteiger partial charge on any atom is -0.322 e. The standard InChI is InChI=1S/C17H14ClFN2S/c1-21-16(12-6-3-2-4-7-12)10-20-17(21)22-11-13-14(18)8-5-9-15(13)19/h2-10H,11H2,1H3. The Balaban J connectivity index is 1.81. The molecule has 3 rings (SSSR count). The van der Waals surface area contributed by atoms with Gasteiger partial charge in [-0.2, -0.15) is 0 Å². The molecule has 5 heteroatoms. The zero-order valence-electron chi connectivity index (χ0n) is 12.0. The average molecular weight is 333 g/mol. The molecular formula is C17H14ClFN2S. The summed E-state index contributed by atoms with van der Waals surface area (Å²) in [6.45, 7) is 0. The molecule has 0 amide bonds. The Hall–Kier alpha value is -1.78. The lowest BCUT2D eigenvalue weighted by Crippen LogP contribution is -1.95. The van der Waals surface area contributed by atoms with E-state index in [0.29, 0.717) is 16.3 Å². The van der Waals surface area contributed by atoms with Crippen LogP contribution in [0.4, 0.5) is 4.39 Å². The molecule has 0 unspecified atom stereocenters. The Morgan fingerprint density at radius 3 is 2.64 bits per heavy atom. The highest BCUT2D eigenvalue weighted by Crippen LogP contribution is 2.30. The van der Waals surface area contributed by atoms with E-state index in [1.54, 1.807) is 12.1 Å². The summed E-state index contributed by atoms with van der Waals surface area (Å²) in [5.41, 5.74) is 2.65. The molecular weight excluding hydrogens is 319 g/mol. The van der Waals surface area contributed by atoms with Crippen molar-refractivity contribution in [3.05, 3.63) is 71.1 Å². The number of nitrogens with zero attached hydrogens (tertiary/aromatic N) is 2. The molecule has 0 spiro atoms. The molecule has 0 saturated carbocycles. The number of aromatic nitrogens is 2. The largest absolute Gasteiger partial charge is 0.322 e. The molecule has 2 nitrogen and oxygen atoms in total. The van der Waals surface area contributed by atoms with Crippen molar-refractivity contribution in [1.29, 1.82) is 0 Å². The second-order valence-corrected chi connectivity index (χ2v) is 6.19. The van der Waals surface area contributed by atoms with E-state index in [1.165, 1.54) is 17.8 Å². The lowest BCUT2D eigenvalue weighted by atomic mass is 10.2. The third kappa shape index (κ3) is 3.03. The van der Waals surface area contributed by atoms with Gasteiger partial charge >= 0.3 is 0 Å². The van der Waals surface area contributed by atoms with Crippen LogP contribution in [0.3, 0.4) is 0 Å². The van der Waals surface area contributed by atoms with Gasteiger partial charge in [-0.1, -0.05) is 59.8 Å². The van der Waals surface area contributed by atoms with Crippen LogP contribution in [0, 0.1) is 5.82 Å². The second-order valence-electron chi connectivity index (χ2n) is 4.84. The number of hydrogen-bond donors (Lipinski definition) is 0. The molecule has 0 bridgehead atoms. The number of thioether (sulfide) groups is 1. The molecule has 0 aliphatic heterocycles. The van der Waals surface area contributed by atoms with Gasteiger partial charge in [-0.15, -0.1) is 0 Å². The number of rotatable bonds is 4. The highest BCUT2D eigenvalue weighted by Gasteiger charge is 2.12. The van der Waals surface area contributed by atoms with E-state index in [1.807, 2.05) is 48.1 Å². The highest BCUT2D eigenvalue weighted by atomic mass is 35.5. The van der Waals surface area contributed by atoms with Crippen molar-refractivity contribution in [2.45, 2.75) is 10.9 Å². The Morgan fingerprint density at radius 1 is 1.14 bits per heavy atom. The molecule has 0 N–H and O–H groups in total. The molecule has 112 valence electrons. The van der Waals surface area contributed by atoms with E-state index in [2.05, 4.69) is 4.98 Å². The number of halogens is 2. The summed E-state index contributed by atoms with van der Waals surface area (Å²) in [5.74, 6) is 0.169. The van der Waals surface area contributed by atoms with Crippen molar-refractivity contribution in [2.24, 2.45) is 7.05 Å². The van der Waals surface area contributed by atoms with E-state index in [-0.39, 0.29) is 5.82 Å². The number of benzene rings is 2. The van der Waals surface area contributed by atoms with Gasteiger partial charge in [0.15, 0.2) is 5.16 Å². The SMILES string of the molecule is Cn1c(-c2ccccc2)cnc1SCc1c(F)cccc1Cl. The maximum absolute atomic E-state index is 13.8. The van der Waals surface area contributed by atoms with Crippen molar-refractivity contribution in [2.75, 3.05) is 0 Å². The normalized spacial score (nSPS) is 10.9. The zero-order valence-corrected chi connectivity index (χ0v) is 13.5. The van der Waals surface area contributed by atoms with Gasteiger partial charge in [0.05, 0.1) is 11.9 Å². The van der Waals surface area contributed by atoms with E-state index < -0.39 is 0 Å². The minimum absolute atomic E-state index is 0.280. The molecule has 2 aromatic carbocycles. The summed E-state index contributed by atoms with van der Waals surface area (Å²) < 4.78 is 15.8. The molecule has 0 aliphatic carbocycles. The number of hydrogen-bond acceptors (Lipinski definition) is 2. The molecule has 0 radical (unpaired) electrons. The third-order valence-corrected chi connectivity index (χ3v) is 4.85. The highest BCUT2D eigenvalue weighted by molar-refractivity contribution is 7.98. The predicted octanol–water partition coefficient (Wildman–Crippen LogP) is 5.17. The maximum atomic E-state index is 13.8. The van der Waals surface area contributed by atoms with Crippen LogP contribution in [-0.2, 0) is 12.8 Å². The summed E-state index contributed by atoms with van der Waals surface area (Å²) in [4.78, 5) is 4.43. The molecule has 1 aromatic heterocycles. The average Bonchev–Trinajstić information content (AvgIpc) is 2.89. The van der Waals surface area contributed by atoms with Crippen LogP contribution in [0.15, 0.2) is 59.9 Å². The van der Waals surface area contributed by atoms with Crippen molar-refractivity contribution < 1.29 is 4.39 Å². The number of imidazole rings is 1. The molecule has 22 heavy (non-hydrogen) atoms. The molecule has 3 aromatic rings. The quantitative estimate of drug-likeness (QED) is 0.613. The van der Waals surface area contributed by atoms with Gasteiger partial charge in [-0.3, -0.25) is 0 Å². The van der Waals surface area contributed by atoms with Crippen molar-refractivity contribution in [3.8, 4) is 11.3 Å². The van der Waals surface area contributed by atoms with Crippen LogP contribution in [-0.4, -0.2) is 9.55 Å². The molecule has 0 aliphatic rings. The van der Waals surface area contributed by atoms with Crippen LogP contribution < -0.4 is 0 Å². The molecule has 0 atom stereocenters. The predicted molar refractivity (Wildman–Crippen MR) is 89.6 cm³/mol. The smallest absolute Gasteiger partial charge is 0.168 e. The van der Waals surface area contributed by atoms with Crippen molar-refractivity contribution >= 4 is 23.4 Å². The fraction of sp³-hybridized carbons (Fsp3) is 0.118. The minimum atomic E-state index is -0.280. The lowest BCUT2D eigenvalue weighted by molar-refractivity contribution is 0.617. The fourth-order valence-electron chi connectivity index (χ4n) is 2.21. The summed E-state index contributed by atoms with van der Waals surface area (Å²) in [6.07, 6.45) is 1.83. The summed E-state index contributed by atoms with van der Waals surface area (Å²) in [6, 6.07) is 14.8.